The predicted octanol–water partition coefficient (Wildman–Crippen LogP) is 3.28. The third-order valence-electron chi connectivity index (χ3n) is 7.69. The Morgan fingerprint density at radius 3 is 2.65 bits per heavy atom. The Morgan fingerprint density at radius 2 is 1.98 bits per heavy atom. The van der Waals surface area contributed by atoms with Gasteiger partial charge in [0.15, 0.2) is 0 Å². The van der Waals surface area contributed by atoms with Crippen LogP contribution in [0.25, 0.3) is 11.0 Å². The molecule has 3 N–H and O–H groups in total. The van der Waals surface area contributed by atoms with E-state index >= 15 is 0 Å². The number of nitriles is 1. The van der Waals surface area contributed by atoms with Gasteiger partial charge >= 0.3 is 0 Å². The number of nitrogens with zero attached hydrogens (tertiary/aromatic N) is 5. The molecule has 0 amide bonds. The number of aromatic amines is 1. The summed E-state index contributed by atoms with van der Waals surface area (Å²) < 4.78 is 39.6. The van der Waals surface area contributed by atoms with Crippen LogP contribution >= 0.6 is 0 Å². The molecule has 2 fully saturated rings. The summed E-state index contributed by atoms with van der Waals surface area (Å²) in [4.78, 5) is 14.8. The zero-order chi connectivity index (χ0) is 28.3. The van der Waals surface area contributed by atoms with Gasteiger partial charge in [-0.15, -0.1) is 0 Å². The molecule has 2 aliphatic heterocycles. The van der Waals surface area contributed by atoms with Crippen molar-refractivity contribution in [3.8, 4) is 11.8 Å². The molecule has 13 heteroatoms. The second kappa shape index (κ2) is 12.0. The Bertz CT molecular complexity index is 1490. The first kappa shape index (κ1) is 28.1. The average Bonchev–Trinajstić information content (AvgIpc) is 3.41. The highest BCUT2D eigenvalue weighted by atomic mass is 32.2. The molecule has 2 aliphatic rings. The Hall–Kier alpha value is -3.44. The molecule has 0 unspecified atom stereocenters. The standard InChI is InChI=1S/C27H36N8O4S/c1-4-18(2)30-26-24-19(16-28)17-29-25(24)32-27(33-26)31-22-6-5-21(15-23(22)38-3)40(36,37)35-9-7-20(8-10-35)34-11-13-39-14-12-34/h5-6,15,17-18,20H,4,7-14H2,1-3H3,(H3,29,30,31,32,33)/t18-/m0/s1. The van der Waals surface area contributed by atoms with Crippen LogP contribution in [0.1, 0.15) is 38.7 Å². The van der Waals surface area contributed by atoms with Crippen LogP contribution in [0, 0.1) is 11.3 Å². The van der Waals surface area contributed by atoms with Crippen molar-refractivity contribution in [2.24, 2.45) is 0 Å². The van der Waals surface area contributed by atoms with E-state index in [1.54, 1.807) is 22.6 Å². The summed E-state index contributed by atoms with van der Waals surface area (Å²) in [6.45, 7) is 8.33. The minimum atomic E-state index is -3.69. The molecule has 2 saturated heterocycles. The van der Waals surface area contributed by atoms with E-state index in [0.717, 1.165) is 45.6 Å². The number of sulfonamides is 1. The number of fused-ring (bicyclic) bond motifs is 1. The largest absolute Gasteiger partial charge is 0.495 e. The van der Waals surface area contributed by atoms with Gasteiger partial charge in [-0.25, -0.2) is 8.42 Å². The lowest BCUT2D eigenvalue weighted by atomic mass is 10.0. The predicted molar refractivity (Wildman–Crippen MR) is 152 cm³/mol. The van der Waals surface area contributed by atoms with E-state index in [1.807, 2.05) is 6.92 Å². The van der Waals surface area contributed by atoms with Crippen LogP contribution < -0.4 is 15.4 Å². The van der Waals surface area contributed by atoms with Gasteiger partial charge in [0.2, 0.25) is 16.0 Å². The summed E-state index contributed by atoms with van der Waals surface area (Å²) in [7, 11) is -2.19. The summed E-state index contributed by atoms with van der Waals surface area (Å²) in [5.74, 6) is 1.18. The van der Waals surface area contributed by atoms with Crippen molar-refractivity contribution < 1.29 is 17.9 Å². The molecule has 5 rings (SSSR count). The first-order valence-corrected chi connectivity index (χ1v) is 15.1. The molecule has 12 nitrogen and oxygen atoms in total. The minimum Gasteiger partial charge on any atom is -0.495 e. The summed E-state index contributed by atoms with van der Waals surface area (Å²) in [5.41, 5.74) is 1.49. The first-order chi connectivity index (χ1) is 19.3. The van der Waals surface area contributed by atoms with Crippen LogP contribution in [0.5, 0.6) is 5.75 Å². The van der Waals surface area contributed by atoms with E-state index in [-0.39, 0.29) is 16.9 Å². The number of anilines is 3. The van der Waals surface area contributed by atoms with Crippen molar-refractivity contribution in [1.29, 1.82) is 5.26 Å². The molecule has 0 spiro atoms. The van der Waals surface area contributed by atoms with Crippen molar-refractivity contribution in [3.63, 3.8) is 0 Å². The van der Waals surface area contributed by atoms with Gasteiger partial charge in [0.05, 0.1) is 41.9 Å². The fourth-order valence-corrected chi connectivity index (χ4v) is 6.70. The Balaban J connectivity index is 1.35. The molecule has 2 aromatic heterocycles. The van der Waals surface area contributed by atoms with Gasteiger partial charge in [-0.1, -0.05) is 6.92 Å². The monoisotopic (exact) mass is 568 g/mol. The molecular formula is C27H36N8O4S. The van der Waals surface area contributed by atoms with Crippen LogP contribution in [0.2, 0.25) is 0 Å². The molecule has 0 aliphatic carbocycles. The Kier molecular flexibility index (Phi) is 8.41. The van der Waals surface area contributed by atoms with Gasteiger partial charge in [-0.2, -0.15) is 19.5 Å². The van der Waals surface area contributed by atoms with Crippen LogP contribution in [0.15, 0.2) is 29.3 Å². The number of morpholine rings is 1. The molecule has 0 saturated carbocycles. The average molecular weight is 569 g/mol. The fraction of sp³-hybridized carbons (Fsp3) is 0.519. The van der Waals surface area contributed by atoms with E-state index in [9.17, 15) is 13.7 Å². The van der Waals surface area contributed by atoms with Gasteiger partial charge in [-0.3, -0.25) is 4.90 Å². The molecule has 0 bridgehead atoms. The van der Waals surface area contributed by atoms with Crippen LogP contribution in [-0.4, -0.2) is 91.2 Å². The lowest BCUT2D eigenvalue weighted by Crippen LogP contribution is -2.50. The van der Waals surface area contributed by atoms with Crippen molar-refractivity contribution in [3.05, 3.63) is 30.0 Å². The number of hydrogen-bond acceptors (Lipinski definition) is 10. The Morgan fingerprint density at radius 1 is 1.23 bits per heavy atom. The first-order valence-electron chi connectivity index (χ1n) is 13.7. The molecule has 3 aromatic rings. The maximum absolute atomic E-state index is 13.5. The molecule has 214 valence electrons. The summed E-state index contributed by atoms with van der Waals surface area (Å²) in [6.07, 6.45) is 4.08. The highest BCUT2D eigenvalue weighted by molar-refractivity contribution is 7.89. The van der Waals surface area contributed by atoms with Crippen molar-refractivity contribution in [1.82, 2.24) is 24.2 Å². The number of ether oxygens (including phenoxy) is 2. The fourth-order valence-electron chi connectivity index (χ4n) is 5.21. The normalized spacial score (nSPS) is 18.4. The highest BCUT2D eigenvalue weighted by Gasteiger charge is 2.32. The van der Waals surface area contributed by atoms with Crippen molar-refractivity contribution >= 4 is 38.5 Å². The minimum absolute atomic E-state index is 0.130. The SMILES string of the molecule is CC[C@H](C)Nc1nc(Nc2ccc(S(=O)(=O)N3CCC(N4CCOCC4)CC3)cc2OC)nc2[nH]cc(C#N)c12. The van der Waals surface area contributed by atoms with E-state index in [4.69, 9.17) is 9.47 Å². The zero-order valence-corrected chi connectivity index (χ0v) is 23.9. The quantitative estimate of drug-likeness (QED) is 0.351. The molecule has 1 aromatic carbocycles. The lowest BCUT2D eigenvalue weighted by molar-refractivity contribution is 0.00610. The molecular weight excluding hydrogens is 532 g/mol. The third kappa shape index (κ3) is 5.71. The summed E-state index contributed by atoms with van der Waals surface area (Å²) in [5, 5.41) is 16.7. The van der Waals surface area contributed by atoms with Gasteiger partial charge < -0.3 is 25.1 Å². The van der Waals surface area contributed by atoms with Gasteiger partial charge in [0, 0.05) is 50.5 Å². The van der Waals surface area contributed by atoms with Crippen molar-refractivity contribution in [2.75, 3.05) is 57.1 Å². The number of aromatic nitrogens is 3. The van der Waals surface area contributed by atoms with Gasteiger partial charge in [0.1, 0.15) is 23.3 Å². The number of H-pyrrole nitrogens is 1. The van der Waals surface area contributed by atoms with E-state index < -0.39 is 10.0 Å². The number of piperidine rings is 1. The molecule has 1 atom stereocenters. The van der Waals surface area contributed by atoms with E-state index in [1.165, 1.54) is 13.2 Å². The maximum Gasteiger partial charge on any atom is 0.243 e. The second-order valence-electron chi connectivity index (χ2n) is 10.2. The van der Waals surface area contributed by atoms with E-state index in [2.05, 4.69) is 43.5 Å². The zero-order valence-electron chi connectivity index (χ0n) is 23.1. The number of hydrogen-bond donors (Lipinski definition) is 3. The number of methoxy groups -OCH3 is 1. The summed E-state index contributed by atoms with van der Waals surface area (Å²) >= 11 is 0. The number of rotatable bonds is 9. The lowest BCUT2D eigenvalue weighted by Gasteiger charge is -2.39. The molecule has 4 heterocycles. The van der Waals surface area contributed by atoms with Crippen LogP contribution in [-0.2, 0) is 14.8 Å². The third-order valence-corrected chi connectivity index (χ3v) is 9.58. The highest BCUT2D eigenvalue weighted by Crippen LogP contribution is 2.33. The van der Waals surface area contributed by atoms with E-state index in [0.29, 0.717) is 53.0 Å². The number of benzene rings is 1. The molecule has 40 heavy (non-hydrogen) atoms. The topological polar surface area (TPSA) is 148 Å². The Labute approximate surface area is 234 Å². The second-order valence-corrected chi connectivity index (χ2v) is 12.1. The van der Waals surface area contributed by atoms with Crippen LogP contribution in [0.3, 0.4) is 0 Å². The van der Waals surface area contributed by atoms with Crippen LogP contribution in [0.4, 0.5) is 17.5 Å². The van der Waals surface area contributed by atoms with Gasteiger partial charge in [0.25, 0.3) is 0 Å². The molecule has 0 radical (unpaired) electrons. The smallest absolute Gasteiger partial charge is 0.243 e. The van der Waals surface area contributed by atoms with Gasteiger partial charge in [-0.05, 0) is 38.3 Å². The number of nitrogens with one attached hydrogen (secondary N) is 3. The van der Waals surface area contributed by atoms with Crippen molar-refractivity contribution in [2.45, 2.75) is 50.1 Å². The summed E-state index contributed by atoms with van der Waals surface area (Å²) in [6, 6.07) is 7.47. The maximum atomic E-state index is 13.5.